The first-order valence-electron chi connectivity index (χ1n) is 12.1. The molecule has 2 aliphatic heterocycles. The van der Waals surface area contributed by atoms with Gasteiger partial charge in [-0.15, -0.1) is 0 Å². The molecule has 2 aliphatic rings. The maximum atomic E-state index is 13.2. The molecule has 1 fully saturated rings. The first-order valence-corrected chi connectivity index (χ1v) is 12.1. The molecule has 0 aromatic carbocycles. The van der Waals surface area contributed by atoms with Crippen molar-refractivity contribution in [2.24, 2.45) is 0 Å². The Morgan fingerprint density at radius 1 is 1.25 bits per heavy atom. The summed E-state index contributed by atoms with van der Waals surface area (Å²) >= 11 is 0. The van der Waals surface area contributed by atoms with E-state index < -0.39 is 64.9 Å². The number of aromatic amines is 1. The summed E-state index contributed by atoms with van der Waals surface area (Å²) in [7, 11) is 0. The molecule has 0 saturated carbocycles. The van der Waals surface area contributed by atoms with Gasteiger partial charge in [0.05, 0.1) is 36.7 Å². The van der Waals surface area contributed by atoms with Crippen LogP contribution in [-0.4, -0.2) is 88.2 Å². The fourth-order valence-electron chi connectivity index (χ4n) is 4.49. The molecule has 4 heterocycles. The molecule has 0 aliphatic carbocycles. The van der Waals surface area contributed by atoms with Crippen LogP contribution in [0.25, 0.3) is 0 Å². The predicted octanol–water partition coefficient (Wildman–Crippen LogP) is 1.88. The summed E-state index contributed by atoms with van der Waals surface area (Å²) in [5.74, 6) is -0.443. The maximum Gasteiger partial charge on any atom is 0.423 e. The van der Waals surface area contributed by atoms with Crippen molar-refractivity contribution in [1.29, 1.82) is 0 Å². The number of anilines is 2. The Labute approximate surface area is 223 Å². The number of pyridine rings is 1. The van der Waals surface area contributed by atoms with Crippen LogP contribution in [0.4, 0.5) is 37.8 Å². The van der Waals surface area contributed by atoms with E-state index in [-0.39, 0.29) is 44.4 Å². The second kappa shape index (κ2) is 10.8. The Morgan fingerprint density at radius 3 is 2.65 bits per heavy atom. The zero-order valence-corrected chi connectivity index (χ0v) is 21.3. The SMILES string of the molecule is C[C@@H](COCC(C)(O)C(=O)N1CCN2c3ncc(C(F)(F)F)cc3OC[C@@H]2C1)Nc1cn[nH]c(=O)c1C(F)(F)F. The van der Waals surface area contributed by atoms with Crippen molar-refractivity contribution < 1.29 is 45.7 Å². The molecule has 220 valence electrons. The van der Waals surface area contributed by atoms with Crippen LogP contribution in [-0.2, 0) is 21.9 Å². The molecule has 3 N–H and O–H groups in total. The first kappa shape index (κ1) is 29.4. The quantitative estimate of drug-likeness (QED) is 0.420. The molecule has 40 heavy (non-hydrogen) atoms. The lowest BCUT2D eigenvalue weighted by molar-refractivity contribution is -0.156. The number of aromatic nitrogens is 3. The highest BCUT2D eigenvalue weighted by atomic mass is 19.4. The maximum absolute atomic E-state index is 13.2. The van der Waals surface area contributed by atoms with E-state index >= 15 is 0 Å². The number of carbonyl (C=O) groups excluding carboxylic acids is 1. The number of nitrogens with one attached hydrogen (secondary N) is 2. The van der Waals surface area contributed by atoms with Crippen LogP contribution < -0.4 is 20.5 Å². The number of hydrogen-bond acceptors (Lipinski definition) is 9. The number of fused-ring (bicyclic) bond motifs is 3. The third-order valence-electron chi connectivity index (χ3n) is 6.39. The van der Waals surface area contributed by atoms with Crippen molar-refractivity contribution in [3.8, 4) is 5.75 Å². The highest BCUT2D eigenvalue weighted by Crippen LogP contribution is 2.38. The lowest BCUT2D eigenvalue weighted by Crippen LogP contribution is -2.62. The summed E-state index contributed by atoms with van der Waals surface area (Å²) in [6, 6.07) is -0.297. The van der Waals surface area contributed by atoms with E-state index in [4.69, 9.17) is 9.47 Å². The Kier molecular flexibility index (Phi) is 7.90. The predicted molar refractivity (Wildman–Crippen MR) is 127 cm³/mol. The molecule has 1 amide bonds. The van der Waals surface area contributed by atoms with Gasteiger partial charge in [-0.3, -0.25) is 9.59 Å². The monoisotopic (exact) mass is 580 g/mol. The molecule has 1 saturated heterocycles. The van der Waals surface area contributed by atoms with Crippen molar-refractivity contribution in [3.63, 3.8) is 0 Å². The summed E-state index contributed by atoms with van der Waals surface area (Å²) in [4.78, 5) is 31.7. The fraction of sp³-hybridized carbons (Fsp3) is 0.565. The van der Waals surface area contributed by atoms with Gasteiger partial charge < -0.3 is 29.7 Å². The number of amides is 1. The third-order valence-corrected chi connectivity index (χ3v) is 6.39. The molecule has 4 rings (SSSR count). The minimum absolute atomic E-state index is 0.00130. The van der Waals surface area contributed by atoms with Gasteiger partial charge in [-0.05, 0) is 19.9 Å². The van der Waals surface area contributed by atoms with E-state index in [9.17, 15) is 41.0 Å². The number of nitrogens with zero attached hydrogens (tertiary/aromatic N) is 4. The minimum atomic E-state index is -4.92. The number of halogens is 6. The molecular weight excluding hydrogens is 554 g/mol. The van der Waals surface area contributed by atoms with E-state index in [1.165, 1.54) is 18.7 Å². The van der Waals surface area contributed by atoms with E-state index in [0.717, 1.165) is 18.5 Å². The van der Waals surface area contributed by atoms with Crippen LogP contribution in [0.3, 0.4) is 0 Å². The number of hydrogen-bond donors (Lipinski definition) is 3. The van der Waals surface area contributed by atoms with Gasteiger partial charge in [-0.1, -0.05) is 0 Å². The van der Waals surface area contributed by atoms with E-state index in [1.807, 2.05) is 0 Å². The molecule has 17 heteroatoms. The van der Waals surface area contributed by atoms with Crippen molar-refractivity contribution in [2.45, 2.75) is 43.9 Å². The number of alkyl halides is 6. The van der Waals surface area contributed by atoms with Crippen molar-refractivity contribution in [1.82, 2.24) is 20.1 Å². The molecule has 0 bridgehead atoms. The topological polar surface area (TPSA) is 133 Å². The lowest BCUT2D eigenvalue weighted by Gasteiger charge is -2.46. The molecule has 0 spiro atoms. The number of rotatable bonds is 7. The van der Waals surface area contributed by atoms with Crippen LogP contribution in [0.2, 0.25) is 0 Å². The molecule has 1 unspecified atom stereocenters. The van der Waals surface area contributed by atoms with Gasteiger partial charge >= 0.3 is 12.4 Å². The summed E-state index contributed by atoms with van der Waals surface area (Å²) in [5.41, 5.74) is -6.33. The standard InChI is InChI=1S/C23H26F6N6O5/c1-12(32-15-7-31-33-19(36)17(15)23(27,28)29)9-39-11-21(2,38)20(37)34-3-4-35-14(8-34)10-40-16-5-13(22(24,25)26)6-30-18(16)35/h5-7,12,14,38H,3-4,8-11H2,1-2H3,(H2,32,33,36)/t12-,14-,21?/m0/s1. The lowest BCUT2D eigenvalue weighted by atomic mass is 10.0. The van der Waals surface area contributed by atoms with Crippen LogP contribution in [0.15, 0.2) is 23.3 Å². The zero-order chi connectivity index (χ0) is 29.5. The first-order chi connectivity index (χ1) is 18.6. The number of H-pyrrole nitrogens is 1. The van der Waals surface area contributed by atoms with Gasteiger partial charge in [0, 0.05) is 31.9 Å². The van der Waals surface area contributed by atoms with Gasteiger partial charge in [0.15, 0.2) is 17.2 Å². The number of carbonyl (C=O) groups is 1. The highest BCUT2D eigenvalue weighted by molar-refractivity contribution is 5.85. The molecule has 0 radical (unpaired) electrons. The highest BCUT2D eigenvalue weighted by Gasteiger charge is 2.42. The van der Waals surface area contributed by atoms with Crippen LogP contribution in [0.5, 0.6) is 5.75 Å². The van der Waals surface area contributed by atoms with E-state index in [1.54, 1.807) is 10.00 Å². The average Bonchev–Trinajstić information content (AvgIpc) is 2.86. The molecule has 2 aromatic rings. The summed E-state index contributed by atoms with van der Waals surface area (Å²) in [6.07, 6.45) is -7.96. The van der Waals surface area contributed by atoms with Crippen LogP contribution in [0, 0.1) is 0 Å². The summed E-state index contributed by atoms with van der Waals surface area (Å²) in [6.45, 7) is 2.47. The van der Waals surface area contributed by atoms with Gasteiger partial charge in [-0.25, -0.2) is 10.1 Å². The van der Waals surface area contributed by atoms with Gasteiger partial charge in [0.25, 0.3) is 11.5 Å². The average molecular weight is 580 g/mol. The minimum Gasteiger partial charge on any atom is -0.487 e. The third kappa shape index (κ3) is 6.24. The molecular formula is C23H26F6N6O5. The van der Waals surface area contributed by atoms with Crippen molar-refractivity contribution in [3.05, 3.63) is 39.9 Å². The van der Waals surface area contributed by atoms with E-state index in [0.29, 0.717) is 0 Å². The van der Waals surface area contributed by atoms with Crippen molar-refractivity contribution >= 4 is 17.4 Å². The molecule has 3 atom stereocenters. The number of aliphatic hydroxyl groups is 1. The van der Waals surface area contributed by atoms with Gasteiger partial charge in [-0.2, -0.15) is 31.4 Å². The Bertz CT molecular complexity index is 1300. The zero-order valence-electron chi connectivity index (χ0n) is 21.3. The van der Waals surface area contributed by atoms with Crippen molar-refractivity contribution in [2.75, 3.05) is 49.7 Å². The molecule has 11 nitrogen and oxygen atoms in total. The van der Waals surface area contributed by atoms with Gasteiger partial charge in [0.1, 0.15) is 12.2 Å². The Hall–Kier alpha value is -3.60. The largest absolute Gasteiger partial charge is 0.487 e. The Morgan fingerprint density at radius 2 is 1.98 bits per heavy atom. The summed E-state index contributed by atoms with van der Waals surface area (Å²) in [5, 5.41) is 18.4. The number of ether oxygens (including phenoxy) is 2. The number of piperazine rings is 1. The second-order valence-corrected chi connectivity index (χ2v) is 9.77. The van der Waals surface area contributed by atoms with E-state index in [2.05, 4.69) is 15.4 Å². The second-order valence-electron chi connectivity index (χ2n) is 9.77. The fourth-order valence-corrected chi connectivity index (χ4v) is 4.49. The van der Waals surface area contributed by atoms with Gasteiger partial charge in [0.2, 0.25) is 0 Å². The summed E-state index contributed by atoms with van der Waals surface area (Å²) < 4.78 is 89.6. The smallest absolute Gasteiger partial charge is 0.423 e. The molecule has 2 aromatic heterocycles. The Balaban J connectivity index is 1.32. The normalized spacial score (nSPS) is 19.7. The van der Waals surface area contributed by atoms with Crippen LogP contribution in [0.1, 0.15) is 25.0 Å². The van der Waals surface area contributed by atoms with Crippen LogP contribution >= 0.6 is 0 Å².